The fourth-order valence-electron chi connectivity index (χ4n) is 1.63. The molecule has 1 aromatic carbocycles. The summed E-state index contributed by atoms with van der Waals surface area (Å²) in [6.07, 6.45) is 1.93. The molecule has 1 aromatic rings. The van der Waals surface area contributed by atoms with Crippen LogP contribution in [0.2, 0.25) is 0 Å². The quantitative estimate of drug-likeness (QED) is 0.386. The second-order valence-corrected chi connectivity index (χ2v) is 4.17. The SMILES string of the molecule is CC(=O)CC(=O)CCc1ccc(C[CH-]N)cc1.[K+]. The van der Waals surface area contributed by atoms with E-state index in [-0.39, 0.29) is 69.4 Å². The molecule has 0 saturated heterocycles. The fourth-order valence-corrected chi connectivity index (χ4v) is 1.63. The third-order valence-corrected chi connectivity index (χ3v) is 2.52. The third kappa shape index (κ3) is 7.56. The summed E-state index contributed by atoms with van der Waals surface area (Å²) in [6, 6.07) is 8.02. The summed E-state index contributed by atoms with van der Waals surface area (Å²) in [4.78, 5) is 22.1. The summed E-state index contributed by atoms with van der Waals surface area (Å²) >= 11 is 0. The van der Waals surface area contributed by atoms with Gasteiger partial charge in [0.2, 0.25) is 0 Å². The zero-order valence-electron chi connectivity index (χ0n) is 11.1. The number of nitrogens with two attached hydrogens (primary N) is 1. The average Bonchev–Trinajstić information content (AvgIpc) is 2.28. The van der Waals surface area contributed by atoms with Gasteiger partial charge in [0.1, 0.15) is 11.6 Å². The standard InChI is InChI=1S/C14H18NO2.K/c1-11(16)10-14(17)7-6-12-2-4-13(5-3-12)8-9-15;/h2-5,9H,6-8,10,15H2,1H3;/q-1;+1. The minimum atomic E-state index is -0.0659. The van der Waals surface area contributed by atoms with E-state index in [9.17, 15) is 9.59 Å². The fraction of sp³-hybridized carbons (Fsp3) is 0.357. The summed E-state index contributed by atoms with van der Waals surface area (Å²) in [5.74, 6) is -0.0549. The van der Waals surface area contributed by atoms with E-state index < -0.39 is 0 Å². The van der Waals surface area contributed by atoms with Gasteiger partial charge in [-0.15, -0.1) is 6.42 Å². The number of ketones is 2. The normalized spacial score (nSPS) is 9.67. The number of Topliss-reactive ketones (excluding diaryl/α,β-unsaturated/α-hetero) is 2. The van der Waals surface area contributed by atoms with E-state index >= 15 is 0 Å². The van der Waals surface area contributed by atoms with Crippen molar-refractivity contribution >= 4 is 11.6 Å². The Hall–Kier alpha value is 0.156. The second kappa shape index (κ2) is 10.0. The van der Waals surface area contributed by atoms with Crippen LogP contribution in [0.25, 0.3) is 0 Å². The maximum atomic E-state index is 11.4. The van der Waals surface area contributed by atoms with Crippen LogP contribution >= 0.6 is 0 Å². The summed E-state index contributed by atoms with van der Waals surface area (Å²) < 4.78 is 0. The third-order valence-electron chi connectivity index (χ3n) is 2.52. The van der Waals surface area contributed by atoms with E-state index in [0.29, 0.717) is 12.8 Å². The van der Waals surface area contributed by atoms with E-state index in [1.807, 2.05) is 24.3 Å². The molecule has 0 aliphatic rings. The van der Waals surface area contributed by atoms with Crippen LogP contribution < -0.4 is 57.1 Å². The first-order chi connectivity index (χ1) is 8.11. The van der Waals surface area contributed by atoms with Crippen LogP contribution in [0.4, 0.5) is 0 Å². The first kappa shape index (κ1) is 18.2. The zero-order chi connectivity index (χ0) is 12.7. The van der Waals surface area contributed by atoms with Crippen LogP contribution in [0, 0.1) is 6.54 Å². The topological polar surface area (TPSA) is 60.2 Å². The molecular weight excluding hydrogens is 253 g/mol. The van der Waals surface area contributed by atoms with Crippen LogP contribution in [0.3, 0.4) is 0 Å². The number of carbonyl (C=O) groups is 2. The summed E-state index contributed by atoms with van der Waals surface area (Å²) in [6.45, 7) is 3.06. The molecule has 0 fully saturated rings. The Labute approximate surface area is 151 Å². The molecule has 4 heteroatoms. The van der Waals surface area contributed by atoms with Gasteiger partial charge in [0, 0.05) is 6.42 Å². The Kier molecular flexibility index (Phi) is 10.1. The van der Waals surface area contributed by atoms with Crippen LogP contribution in [-0.4, -0.2) is 11.6 Å². The molecule has 0 saturated carbocycles. The van der Waals surface area contributed by atoms with Crippen molar-refractivity contribution in [2.75, 3.05) is 0 Å². The summed E-state index contributed by atoms with van der Waals surface area (Å²) in [7, 11) is 0. The molecule has 0 aromatic heterocycles. The van der Waals surface area contributed by atoms with Crippen molar-refractivity contribution in [3.8, 4) is 0 Å². The maximum Gasteiger partial charge on any atom is 1.00 e. The predicted molar refractivity (Wildman–Crippen MR) is 67.3 cm³/mol. The monoisotopic (exact) mass is 271 g/mol. The van der Waals surface area contributed by atoms with Crippen molar-refractivity contribution in [3.05, 3.63) is 41.9 Å². The minimum Gasteiger partial charge on any atom is -0.483 e. The first-order valence-electron chi connectivity index (χ1n) is 5.74. The minimum absolute atomic E-state index is 0. The van der Waals surface area contributed by atoms with Gasteiger partial charge in [-0.2, -0.15) is 0 Å². The van der Waals surface area contributed by atoms with Gasteiger partial charge in [-0.25, -0.2) is 0 Å². The molecule has 2 N–H and O–H groups in total. The molecule has 3 nitrogen and oxygen atoms in total. The average molecular weight is 271 g/mol. The van der Waals surface area contributed by atoms with Gasteiger partial charge < -0.3 is 5.73 Å². The number of aryl methyl sites for hydroxylation is 1. The Morgan fingerprint density at radius 1 is 1.17 bits per heavy atom. The zero-order valence-corrected chi connectivity index (χ0v) is 14.2. The maximum absolute atomic E-state index is 11.4. The van der Waals surface area contributed by atoms with Crippen LogP contribution in [0.15, 0.2) is 24.3 Å². The molecule has 0 heterocycles. The molecule has 0 aliphatic heterocycles. The predicted octanol–water partition coefficient (Wildman–Crippen LogP) is -1.17. The Bertz CT molecular complexity index is 387. The molecule has 1 rings (SSSR count). The second-order valence-electron chi connectivity index (χ2n) is 4.17. The van der Waals surface area contributed by atoms with Crippen molar-refractivity contribution in [2.24, 2.45) is 5.73 Å². The molecule has 0 unspecified atom stereocenters. The number of carbonyl (C=O) groups excluding carboxylic acids is 2. The van der Waals surface area contributed by atoms with Gasteiger partial charge in [0.25, 0.3) is 0 Å². The molecule has 0 bridgehead atoms. The Morgan fingerprint density at radius 3 is 2.22 bits per heavy atom. The molecule has 0 spiro atoms. The molecule has 0 radical (unpaired) electrons. The van der Waals surface area contributed by atoms with E-state index in [0.717, 1.165) is 17.5 Å². The van der Waals surface area contributed by atoms with Crippen molar-refractivity contribution < 1.29 is 61.0 Å². The smallest absolute Gasteiger partial charge is 0.483 e. The van der Waals surface area contributed by atoms with Gasteiger partial charge in [0.15, 0.2) is 0 Å². The van der Waals surface area contributed by atoms with Crippen LogP contribution in [0.1, 0.15) is 30.9 Å². The first-order valence-corrected chi connectivity index (χ1v) is 5.74. The number of hydrogen-bond acceptors (Lipinski definition) is 3. The molecular formula is C14H18KNO2. The molecule has 0 aliphatic carbocycles. The van der Waals surface area contributed by atoms with Gasteiger partial charge in [-0.3, -0.25) is 16.1 Å². The van der Waals surface area contributed by atoms with Crippen molar-refractivity contribution in [1.29, 1.82) is 0 Å². The number of rotatable bonds is 7. The van der Waals surface area contributed by atoms with Crippen molar-refractivity contribution in [2.45, 2.75) is 32.6 Å². The summed E-state index contributed by atoms with van der Waals surface area (Å²) in [5, 5.41) is 0. The van der Waals surface area contributed by atoms with Crippen LogP contribution in [-0.2, 0) is 22.4 Å². The summed E-state index contributed by atoms with van der Waals surface area (Å²) in [5.41, 5.74) is 7.61. The van der Waals surface area contributed by atoms with E-state index in [2.05, 4.69) is 0 Å². The van der Waals surface area contributed by atoms with Gasteiger partial charge in [0.05, 0.1) is 6.42 Å². The van der Waals surface area contributed by atoms with E-state index in [1.54, 1.807) is 6.54 Å². The number of hydrogen-bond donors (Lipinski definition) is 1. The van der Waals surface area contributed by atoms with Crippen molar-refractivity contribution in [3.63, 3.8) is 0 Å². The van der Waals surface area contributed by atoms with Gasteiger partial charge in [-0.05, 0) is 18.9 Å². The number of benzene rings is 1. The molecule has 0 amide bonds. The van der Waals surface area contributed by atoms with Crippen LogP contribution in [0.5, 0.6) is 0 Å². The largest absolute Gasteiger partial charge is 1.00 e. The van der Waals surface area contributed by atoms with E-state index in [4.69, 9.17) is 5.73 Å². The molecule has 18 heavy (non-hydrogen) atoms. The van der Waals surface area contributed by atoms with Gasteiger partial charge >= 0.3 is 51.4 Å². The Balaban J connectivity index is 0.00000289. The van der Waals surface area contributed by atoms with Crippen molar-refractivity contribution in [1.82, 2.24) is 0 Å². The molecule has 92 valence electrons. The molecule has 0 atom stereocenters. The van der Waals surface area contributed by atoms with E-state index in [1.165, 1.54) is 6.92 Å². The van der Waals surface area contributed by atoms with Gasteiger partial charge in [-0.1, -0.05) is 29.8 Å². The Morgan fingerprint density at radius 2 is 1.72 bits per heavy atom.